The molecule has 1 aromatic rings. The molecule has 0 aliphatic rings. The average molecular weight is 261 g/mol. The van der Waals surface area contributed by atoms with E-state index in [2.05, 4.69) is 27.7 Å². The molecule has 0 aromatic carbocycles. The van der Waals surface area contributed by atoms with Gasteiger partial charge in [0, 0.05) is 4.88 Å². The number of rotatable bonds is 5. The van der Waals surface area contributed by atoms with Crippen LogP contribution in [0.5, 0.6) is 0 Å². The fraction of sp³-hybridized carbons (Fsp3) is 0.692. The summed E-state index contributed by atoms with van der Waals surface area (Å²) in [4.78, 5) is 1.000. The predicted octanol–water partition coefficient (Wildman–Crippen LogP) is 4.68. The van der Waals surface area contributed by atoms with Gasteiger partial charge in [-0.25, -0.2) is 0 Å². The molecule has 0 saturated heterocycles. The van der Waals surface area contributed by atoms with Crippen molar-refractivity contribution in [3.05, 3.63) is 21.3 Å². The van der Waals surface area contributed by atoms with Gasteiger partial charge in [0.15, 0.2) is 0 Å². The second-order valence-corrected chi connectivity index (χ2v) is 7.05. The van der Waals surface area contributed by atoms with E-state index in [1.165, 1.54) is 11.3 Å². The minimum atomic E-state index is -0.708. The number of thiophene rings is 1. The van der Waals surface area contributed by atoms with Crippen LogP contribution in [0.3, 0.4) is 0 Å². The normalized spacial score (nSPS) is 12.8. The topological polar surface area (TPSA) is 20.2 Å². The maximum Gasteiger partial charge on any atom is 0.0993 e. The fourth-order valence-corrected chi connectivity index (χ4v) is 3.35. The van der Waals surface area contributed by atoms with Crippen LogP contribution in [0.15, 0.2) is 12.1 Å². The third-order valence-electron chi connectivity index (χ3n) is 2.52. The largest absolute Gasteiger partial charge is 0.384 e. The Morgan fingerprint density at radius 2 is 1.69 bits per heavy atom. The minimum Gasteiger partial charge on any atom is -0.384 e. The molecule has 1 rings (SSSR count). The summed E-state index contributed by atoms with van der Waals surface area (Å²) in [5.74, 6) is 0.953. The molecule has 0 aliphatic heterocycles. The van der Waals surface area contributed by atoms with Gasteiger partial charge in [-0.05, 0) is 36.8 Å². The molecule has 0 radical (unpaired) electrons. The van der Waals surface area contributed by atoms with Gasteiger partial charge in [0.2, 0.25) is 0 Å². The molecule has 0 fully saturated rings. The molecule has 0 atom stereocenters. The molecular weight excluding hydrogens is 240 g/mol. The number of halogens is 1. The molecule has 0 aliphatic carbocycles. The van der Waals surface area contributed by atoms with E-state index in [4.69, 9.17) is 11.6 Å². The Hall–Kier alpha value is -0.0500. The SMILES string of the molecule is CC(C)CC(O)(CC(C)C)c1ccc(Cl)s1. The van der Waals surface area contributed by atoms with Gasteiger partial charge in [-0.15, -0.1) is 11.3 Å². The van der Waals surface area contributed by atoms with E-state index >= 15 is 0 Å². The van der Waals surface area contributed by atoms with Crippen molar-refractivity contribution in [1.29, 1.82) is 0 Å². The van der Waals surface area contributed by atoms with E-state index in [1.54, 1.807) is 0 Å². The van der Waals surface area contributed by atoms with E-state index < -0.39 is 5.60 Å². The maximum atomic E-state index is 10.8. The Morgan fingerprint density at radius 1 is 1.19 bits per heavy atom. The first kappa shape index (κ1) is 14.0. The third kappa shape index (κ3) is 3.76. The van der Waals surface area contributed by atoms with Gasteiger partial charge < -0.3 is 5.11 Å². The number of aliphatic hydroxyl groups is 1. The summed E-state index contributed by atoms with van der Waals surface area (Å²) >= 11 is 7.44. The number of hydrogen-bond donors (Lipinski definition) is 1. The van der Waals surface area contributed by atoms with Crippen LogP contribution in [0.4, 0.5) is 0 Å². The Labute approximate surface area is 107 Å². The Balaban J connectivity index is 2.94. The monoisotopic (exact) mass is 260 g/mol. The van der Waals surface area contributed by atoms with Crippen molar-refractivity contribution >= 4 is 22.9 Å². The highest BCUT2D eigenvalue weighted by atomic mass is 35.5. The van der Waals surface area contributed by atoms with Crippen molar-refractivity contribution in [1.82, 2.24) is 0 Å². The average Bonchev–Trinajstić information content (AvgIpc) is 2.48. The molecule has 0 saturated carbocycles. The van der Waals surface area contributed by atoms with Gasteiger partial charge in [0.05, 0.1) is 9.94 Å². The van der Waals surface area contributed by atoms with Crippen LogP contribution in [-0.2, 0) is 5.60 Å². The van der Waals surface area contributed by atoms with Crippen LogP contribution in [-0.4, -0.2) is 5.11 Å². The number of hydrogen-bond acceptors (Lipinski definition) is 2. The summed E-state index contributed by atoms with van der Waals surface area (Å²) in [6.07, 6.45) is 1.59. The van der Waals surface area contributed by atoms with Gasteiger partial charge in [-0.2, -0.15) is 0 Å². The molecular formula is C13H21ClOS. The van der Waals surface area contributed by atoms with Crippen LogP contribution in [0.2, 0.25) is 4.34 Å². The zero-order chi connectivity index (χ0) is 12.3. The minimum absolute atomic E-state index is 0.477. The molecule has 92 valence electrons. The molecule has 16 heavy (non-hydrogen) atoms. The van der Waals surface area contributed by atoms with Gasteiger partial charge >= 0.3 is 0 Å². The van der Waals surface area contributed by atoms with Gasteiger partial charge in [-0.3, -0.25) is 0 Å². The summed E-state index contributed by atoms with van der Waals surface area (Å²) in [7, 11) is 0. The van der Waals surface area contributed by atoms with E-state index in [9.17, 15) is 5.11 Å². The maximum absolute atomic E-state index is 10.8. The van der Waals surface area contributed by atoms with Gasteiger partial charge in [0.25, 0.3) is 0 Å². The second-order valence-electron chi connectivity index (χ2n) is 5.33. The van der Waals surface area contributed by atoms with Crippen molar-refractivity contribution < 1.29 is 5.11 Å². The highest BCUT2D eigenvalue weighted by Crippen LogP contribution is 2.39. The standard InChI is InChI=1S/C13H21ClOS/c1-9(2)7-13(15,8-10(3)4)11-5-6-12(14)16-11/h5-6,9-10,15H,7-8H2,1-4H3. The quantitative estimate of drug-likeness (QED) is 0.815. The van der Waals surface area contributed by atoms with Gasteiger partial charge in [0.1, 0.15) is 0 Å². The molecule has 1 heterocycles. The Bertz CT molecular complexity index is 320. The molecule has 1 aromatic heterocycles. The summed E-state index contributed by atoms with van der Waals surface area (Å²) in [6, 6.07) is 3.82. The summed E-state index contributed by atoms with van der Waals surface area (Å²) in [5.41, 5.74) is -0.708. The molecule has 1 nitrogen and oxygen atoms in total. The summed E-state index contributed by atoms with van der Waals surface area (Å²) < 4.78 is 0.751. The first-order valence-electron chi connectivity index (χ1n) is 5.81. The van der Waals surface area contributed by atoms with Gasteiger partial charge in [-0.1, -0.05) is 39.3 Å². The molecule has 0 spiro atoms. The molecule has 0 bridgehead atoms. The smallest absolute Gasteiger partial charge is 0.0993 e. The lowest BCUT2D eigenvalue weighted by Crippen LogP contribution is -2.28. The van der Waals surface area contributed by atoms with Crippen molar-refractivity contribution in [2.45, 2.75) is 46.1 Å². The first-order chi connectivity index (χ1) is 7.33. The van der Waals surface area contributed by atoms with Crippen LogP contribution in [0.25, 0.3) is 0 Å². The van der Waals surface area contributed by atoms with Crippen molar-refractivity contribution in [2.75, 3.05) is 0 Å². The van der Waals surface area contributed by atoms with Crippen LogP contribution < -0.4 is 0 Å². The first-order valence-corrected chi connectivity index (χ1v) is 7.01. The Morgan fingerprint density at radius 3 is 2.00 bits per heavy atom. The predicted molar refractivity (Wildman–Crippen MR) is 72.1 cm³/mol. The molecule has 0 amide bonds. The van der Waals surface area contributed by atoms with E-state index in [0.717, 1.165) is 22.1 Å². The fourth-order valence-electron chi connectivity index (χ4n) is 2.20. The van der Waals surface area contributed by atoms with Crippen LogP contribution >= 0.6 is 22.9 Å². The summed E-state index contributed by atoms with van der Waals surface area (Å²) in [6.45, 7) is 8.56. The van der Waals surface area contributed by atoms with Crippen molar-refractivity contribution in [3.63, 3.8) is 0 Å². The lowest BCUT2D eigenvalue weighted by molar-refractivity contribution is -0.00107. The van der Waals surface area contributed by atoms with Crippen molar-refractivity contribution in [2.24, 2.45) is 11.8 Å². The molecule has 1 N–H and O–H groups in total. The van der Waals surface area contributed by atoms with E-state index in [1.807, 2.05) is 12.1 Å². The zero-order valence-electron chi connectivity index (χ0n) is 10.5. The zero-order valence-corrected chi connectivity index (χ0v) is 12.0. The Kier molecular flexibility index (Phi) is 4.84. The summed E-state index contributed by atoms with van der Waals surface area (Å²) in [5, 5.41) is 10.8. The van der Waals surface area contributed by atoms with E-state index in [-0.39, 0.29) is 0 Å². The van der Waals surface area contributed by atoms with Crippen molar-refractivity contribution in [3.8, 4) is 0 Å². The molecule has 3 heteroatoms. The highest BCUT2D eigenvalue weighted by Gasteiger charge is 2.32. The highest BCUT2D eigenvalue weighted by molar-refractivity contribution is 7.16. The lowest BCUT2D eigenvalue weighted by Gasteiger charge is -2.30. The lowest BCUT2D eigenvalue weighted by atomic mass is 9.84. The van der Waals surface area contributed by atoms with Crippen LogP contribution in [0.1, 0.15) is 45.4 Å². The second kappa shape index (κ2) is 5.52. The van der Waals surface area contributed by atoms with E-state index in [0.29, 0.717) is 11.8 Å². The third-order valence-corrected chi connectivity index (χ3v) is 3.95. The van der Waals surface area contributed by atoms with Crippen LogP contribution in [0, 0.1) is 11.8 Å². The molecule has 0 unspecified atom stereocenters.